The van der Waals surface area contributed by atoms with Crippen LogP contribution in [0.2, 0.25) is 0 Å². The van der Waals surface area contributed by atoms with E-state index in [-0.39, 0.29) is 0 Å². The van der Waals surface area contributed by atoms with E-state index in [9.17, 15) is 0 Å². The first-order chi connectivity index (χ1) is 29.2. The molecule has 0 saturated heterocycles. The molecular formula is C56H35NOS. The van der Waals surface area contributed by atoms with Crippen LogP contribution in [0.4, 0.5) is 17.1 Å². The quantitative estimate of drug-likeness (QED) is 0.167. The van der Waals surface area contributed by atoms with E-state index in [1.54, 1.807) is 0 Å². The van der Waals surface area contributed by atoms with Crippen LogP contribution < -0.4 is 4.90 Å². The van der Waals surface area contributed by atoms with Crippen molar-refractivity contribution in [1.82, 2.24) is 0 Å². The molecule has 0 unspecified atom stereocenters. The Morgan fingerprint density at radius 2 is 0.932 bits per heavy atom. The summed E-state index contributed by atoms with van der Waals surface area (Å²) in [5, 5.41) is 9.53. The minimum atomic E-state index is 0.916. The average Bonchev–Trinajstić information content (AvgIpc) is 3.89. The van der Waals surface area contributed by atoms with Crippen LogP contribution in [0, 0.1) is 0 Å². The molecule has 0 amide bonds. The van der Waals surface area contributed by atoms with Crippen molar-refractivity contribution in [2.45, 2.75) is 0 Å². The van der Waals surface area contributed by atoms with Crippen LogP contribution >= 0.6 is 11.3 Å². The predicted octanol–water partition coefficient (Wildman–Crippen LogP) is 16.7. The highest BCUT2D eigenvalue weighted by Gasteiger charge is 2.21. The van der Waals surface area contributed by atoms with E-state index in [0.717, 1.165) is 55.4 Å². The molecule has 2 heterocycles. The van der Waals surface area contributed by atoms with Gasteiger partial charge in [0.25, 0.3) is 0 Å². The lowest BCUT2D eigenvalue weighted by molar-refractivity contribution is 0.674. The van der Waals surface area contributed by atoms with Crippen LogP contribution in [0.3, 0.4) is 0 Å². The highest BCUT2D eigenvalue weighted by molar-refractivity contribution is 7.26. The summed E-state index contributed by atoms with van der Waals surface area (Å²) in [5.74, 6) is 0. The van der Waals surface area contributed by atoms with Gasteiger partial charge in [-0.25, -0.2) is 0 Å². The summed E-state index contributed by atoms with van der Waals surface area (Å²) in [4.78, 5) is 2.42. The number of anilines is 3. The number of furan rings is 1. The minimum absolute atomic E-state index is 0.916. The van der Waals surface area contributed by atoms with Gasteiger partial charge >= 0.3 is 0 Å². The van der Waals surface area contributed by atoms with Crippen molar-refractivity contribution in [3.63, 3.8) is 0 Å². The molecule has 0 aliphatic carbocycles. The van der Waals surface area contributed by atoms with Gasteiger partial charge < -0.3 is 9.32 Å². The molecular weight excluding hydrogens is 735 g/mol. The molecule has 0 radical (unpaired) electrons. The van der Waals surface area contributed by atoms with Gasteiger partial charge in [0.2, 0.25) is 0 Å². The summed E-state index contributed by atoms with van der Waals surface area (Å²) in [5.41, 5.74) is 12.2. The third kappa shape index (κ3) is 5.55. The minimum Gasteiger partial charge on any atom is -0.455 e. The summed E-state index contributed by atoms with van der Waals surface area (Å²) >= 11 is 1.85. The fourth-order valence-electron chi connectivity index (χ4n) is 9.04. The molecule has 0 fully saturated rings. The van der Waals surface area contributed by atoms with Crippen LogP contribution in [0.15, 0.2) is 217 Å². The average molecular weight is 770 g/mol. The second-order valence-electron chi connectivity index (χ2n) is 15.2. The molecule has 276 valence electrons. The maximum Gasteiger partial charge on any atom is 0.143 e. The summed E-state index contributed by atoms with van der Waals surface area (Å²) in [6.07, 6.45) is 0. The molecule has 3 heteroatoms. The van der Waals surface area contributed by atoms with Crippen LogP contribution in [-0.4, -0.2) is 0 Å². The maximum atomic E-state index is 6.89. The van der Waals surface area contributed by atoms with E-state index in [1.165, 1.54) is 58.7 Å². The Bertz CT molecular complexity index is 3540. The van der Waals surface area contributed by atoms with Crippen LogP contribution in [-0.2, 0) is 0 Å². The number of para-hydroxylation sites is 1. The van der Waals surface area contributed by atoms with Crippen molar-refractivity contribution in [2.24, 2.45) is 0 Å². The third-order valence-corrected chi connectivity index (χ3v) is 13.0. The molecule has 0 N–H and O–H groups in total. The number of hydrogen-bond donors (Lipinski definition) is 0. The van der Waals surface area contributed by atoms with Gasteiger partial charge in [-0.1, -0.05) is 158 Å². The SMILES string of the molecule is c1ccc(-c2ccc(N(c3ccc(-c4cc5c6cccc(-c7ccc8ccccc8c7)c6oc5c5ccccc45)cc3)c3cccc4sc5ccccc5c34)cc2)cc1. The molecule has 59 heavy (non-hydrogen) atoms. The maximum absolute atomic E-state index is 6.89. The molecule has 12 aromatic rings. The van der Waals surface area contributed by atoms with Gasteiger partial charge in [-0.15, -0.1) is 11.3 Å². The number of fused-ring (bicyclic) bond motifs is 9. The molecule has 10 aromatic carbocycles. The lowest BCUT2D eigenvalue weighted by atomic mass is 9.94. The van der Waals surface area contributed by atoms with Crippen molar-refractivity contribution < 1.29 is 4.42 Å². The summed E-state index contributed by atoms with van der Waals surface area (Å²) in [6.45, 7) is 0. The molecule has 0 aliphatic heterocycles. The van der Waals surface area contributed by atoms with Crippen molar-refractivity contribution in [3.05, 3.63) is 212 Å². The van der Waals surface area contributed by atoms with Crippen molar-refractivity contribution in [1.29, 1.82) is 0 Å². The Hall–Kier alpha value is -7.46. The van der Waals surface area contributed by atoms with Gasteiger partial charge in [-0.2, -0.15) is 0 Å². The van der Waals surface area contributed by atoms with E-state index in [4.69, 9.17) is 4.42 Å². The third-order valence-electron chi connectivity index (χ3n) is 11.9. The zero-order chi connectivity index (χ0) is 38.9. The molecule has 0 atom stereocenters. The first kappa shape index (κ1) is 33.7. The fraction of sp³-hybridized carbons (Fsp3) is 0. The largest absolute Gasteiger partial charge is 0.455 e. The second-order valence-corrected chi connectivity index (χ2v) is 16.3. The highest BCUT2D eigenvalue weighted by atomic mass is 32.1. The Morgan fingerprint density at radius 1 is 0.339 bits per heavy atom. The van der Waals surface area contributed by atoms with E-state index in [0.29, 0.717) is 0 Å². The number of hydrogen-bond acceptors (Lipinski definition) is 3. The van der Waals surface area contributed by atoms with Gasteiger partial charge in [0, 0.05) is 53.3 Å². The lowest BCUT2D eigenvalue weighted by Crippen LogP contribution is -2.10. The zero-order valence-electron chi connectivity index (χ0n) is 32.0. The number of thiophene rings is 1. The van der Waals surface area contributed by atoms with Gasteiger partial charge in [-0.05, 0) is 98.6 Å². The van der Waals surface area contributed by atoms with Crippen LogP contribution in [0.1, 0.15) is 0 Å². The van der Waals surface area contributed by atoms with Gasteiger partial charge in [0.05, 0.1) is 5.69 Å². The summed E-state index contributed by atoms with van der Waals surface area (Å²) in [6, 6.07) is 76.9. The molecule has 2 aromatic heterocycles. The Kier molecular flexibility index (Phi) is 7.75. The summed E-state index contributed by atoms with van der Waals surface area (Å²) < 4.78 is 9.47. The monoisotopic (exact) mass is 769 g/mol. The van der Waals surface area contributed by atoms with Gasteiger partial charge in [0.15, 0.2) is 0 Å². The highest BCUT2D eigenvalue weighted by Crippen LogP contribution is 2.47. The molecule has 2 nitrogen and oxygen atoms in total. The van der Waals surface area contributed by atoms with Crippen molar-refractivity contribution in [3.8, 4) is 33.4 Å². The Labute approximate surface area is 345 Å². The topological polar surface area (TPSA) is 16.4 Å². The molecule has 0 spiro atoms. The van der Waals surface area contributed by atoms with E-state index < -0.39 is 0 Å². The first-order valence-electron chi connectivity index (χ1n) is 20.1. The predicted molar refractivity (Wildman–Crippen MR) is 253 cm³/mol. The number of rotatable bonds is 6. The lowest BCUT2D eigenvalue weighted by Gasteiger charge is -2.27. The summed E-state index contributed by atoms with van der Waals surface area (Å²) in [7, 11) is 0. The smallest absolute Gasteiger partial charge is 0.143 e. The second kappa shape index (κ2) is 13.6. The Morgan fingerprint density at radius 3 is 1.75 bits per heavy atom. The molecule has 12 rings (SSSR count). The van der Waals surface area contributed by atoms with E-state index >= 15 is 0 Å². The van der Waals surface area contributed by atoms with Crippen LogP contribution in [0.25, 0.3) is 97.0 Å². The standard InChI is InChI=1S/C56H35NOS/c1-2-12-36(13-3-1)38-26-30-42(31-27-38)57(51-21-11-23-53-54(51)48-18-8-9-22-52(48)59-53)43-32-28-39(29-33-43)49-35-50-47-20-10-19-44(41-25-24-37-14-4-5-15-40(37)34-41)55(47)58-56(50)46-17-7-6-16-45(46)49/h1-35H. The molecule has 0 bridgehead atoms. The number of benzene rings is 10. The van der Waals surface area contributed by atoms with Crippen molar-refractivity contribution in [2.75, 3.05) is 4.90 Å². The Balaban J connectivity index is 1.01. The van der Waals surface area contributed by atoms with E-state index in [1.807, 2.05) is 11.3 Å². The van der Waals surface area contributed by atoms with E-state index in [2.05, 4.69) is 217 Å². The number of nitrogens with zero attached hydrogens (tertiary/aromatic N) is 1. The van der Waals surface area contributed by atoms with Gasteiger partial charge in [-0.3, -0.25) is 0 Å². The molecule has 0 aliphatic rings. The fourth-order valence-corrected chi connectivity index (χ4v) is 10.2. The zero-order valence-corrected chi connectivity index (χ0v) is 32.8. The molecule has 0 saturated carbocycles. The normalized spacial score (nSPS) is 11.7. The van der Waals surface area contributed by atoms with Crippen LogP contribution in [0.5, 0.6) is 0 Å². The van der Waals surface area contributed by atoms with Gasteiger partial charge in [0.1, 0.15) is 11.2 Å². The first-order valence-corrected chi connectivity index (χ1v) is 20.9. The van der Waals surface area contributed by atoms with Crippen molar-refractivity contribution >= 4 is 92.1 Å².